The first kappa shape index (κ1) is 21.5. The predicted molar refractivity (Wildman–Crippen MR) is 135 cm³/mol. The number of rotatable bonds is 7. The average molecular weight is 448 g/mol. The number of anilines is 1. The highest BCUT2D eigenvalue weighted by atomic mass is 16.5. The fourth-order valence-electron chi connectivity index (χ4n) is 3.98. The summed E-state index contributed by atoms with van der Waals surface area (Å²) in [5.74, 6) is 1.62. The summed E-state index contributed by atoms with van der Waals surface area (Å²) in [6.45, 7) is 2.40. The summed E-state index contributed by atoms with van der Waals surface area (Å²) >= 11 is 0. The molecule has 0 aliphatic carbocycles. The number of fused-ring (bicyclic) bond motifs is 1. The topological polar surface area (TPSA) is 67.3 Å². The van der Waals surface area contributed by atoms with Crippen molar-refractivity contribution in [2.24, 2.45) is 0 Å². The number of aromatic hydroxyl groups is 1. The van der Waals surface area contributed by atoms with E-state index in [0.29, 0.717) is 17.9 Å². The number of aryl methyl sites for hydroxylation is 1. The van der Waals surface area contributed by atoms with Gasteiger partial charge in [0, 0.05) is 22.8 Å². The minimum absolute atomic E-state index is 0.158. The van der Waals surface area contributed by atoms with Gasteiger partial charge in [0.1, 0.15) is 29.4 Å². The van der Waals surface area contributed by atoms with Crippen LogP contribution in [0.4, 0.5) is 5.82 Å². The number of ether oxygens (including phenoxy) is 1. The van der Waals surface area contributed by atoms with Crippen molar-refractivity contribution < 1.29 is 9.84 Å². The predicted octanol–water partition coefficient (Wildman–Crippen LogP) is 6.42. The molecule has 5 nitrogen and oxygen atoms in total. The van der Waals surface area contributed by atoms with Crippen molar-refractivity contribution in [2.45, 2.75) is 19.6 Å². The van der Waals surface area contributed by atoms with Crippen molar-refractivity contribution in [2.75, 3.05) is 5.32 Å². The Morgan fingerprint density at radius 3 is 2.53 bits per heavy atom. The number of hydrogen-bond acceptors (Lipinski definition) is 5. The second-order valence-electron chi connectivity index (χ2n) is 8.17. The Balaban J connectivity index is 1.53. The highest BCUT2D eigenvalue weighted by Gasteiger charge is 2.21. The molecule has 1 atom stereocenters. The van der Waals surface area contributed by atoms with Crippen molar-refractivity contribution in [1.29, 1.82) is 0 Å². The molecule has 3 aromatic carbocycles. The van der Waals surface area contributed by atoms with E-state index in [0.717, 1.165) is 33.5 Å². The third-order valence-electron chi connectivity index (χ3n) is 5.71. The molecule has 0 spiro atoms. The fraction of sp³-hybridized carbons (Fsp3) is 0.103. The third-order valence-corrected chi connectivity index (χ3v) is 5.71. The fourth-order valence-corrected chi connectivity index (χ4v) is 3.98. The molecule has 0 saturated heterocycles. The second-order valence-corrected chi connectivity index (χ2v) is 8.17. The zero-order valence-corrected chi connectivity index (χ0v) is 18.8. The van der Waals surface area contributed by atoms with Crippen LogP contribution in [0.1, 0.15) is 28.4 Å². The Morgan fingerprint density at radius 2 is 1.71 bits per heavy atom. The Hall–Kier alpha value is -4.38. The summed E-state index contributed by atoms with van der Waals surface area (Å²) in [6.07, 6.45) is 1.74. The molecule has 5 aromatic rings. The Labute approximate surface area is 198 Å². The molecule has 0 fully saturated rings. The smallest absolute Gasteiger partial charge is 0.147 e. The van der Waals surface area contributed by atoms with Gasteiger partial charge in [-0.25, -0.2) is 9.97 Å². The largest absolute Gasteiger partial charge is 0.505 e. The highest BCUT2D eigenvalue weighted by molar-refractivity contribution is 5.86. The van der Waals surface area contributed by atoms with Gasteiger partial charge < -0.3 is 15.2 Å². The Bertz CT molecular complexity index is 1410. The van der Waals surface area contributed by atoms with Gasteiger partial charge in [0.2, 0.25) is 0 Å². The SMILES string of the molecule is Cc1ccc2ccc([C@@H](Nc3ccccn3)c3cccc(OCc4ccccc4)c3)c(O)c2n1. The van der Waals surface area contributed by atoms with Gasteiger partial charge >= 0.3 is 0 Å². The maximum Gasteiger partial charge on any atom is 0.147 e. The minimum atomic E-state index is -0.359. The van der Waals surface area contributed by atoms with Crippen LogP contribution in [-0.2, 0) is 6.61 Å². The van der Waals surface area contributed by atoms with Crippen molar-refractivity contribution in [3.63, 3.8) is 0 Å². The van der Waals surface area contributed by atoms with E-state index in [1.165, 1.54) is 0 Å². The summed E-state index contributed by atoms with van der Waals surface area (Å²) in [7, 11) is 0. The number of benzene rings is 3. The van der Waals surface area contributed by atoms with E-state index < -0.39 is 0 Å². The van der Waals surface area contributed by atoms with Gasteiger partial charge in [0.15, 0.2) is 0 Å². The van der Waals surface area contributed by atoms with Crippen LogP contribution in [-0.4, -0.2) is 15.1 Å². The van der Waals surface area contributed by atoms with Gasteiger partial charge in [-0.15, -0.1) is 0 Å². The van der Waals surface area contributed by atoms with E-state index in [9.17, 15) is 5.11 Å². The van der Waals surface area contributed by atoms with E-state index in [2.05, 4.69) is 15.3 Å². The number of hydrogen-bond donors (Lipinski definition) is 2. The van der Waals surface area contributed by atoms with Crippen molar-refractivity contribution in [1.82, 2.24) is 9.97 Å². The van der Waals surface area contributed by atoms with Crippen LogP contribution in [0.15, 0.2) is 103 Å². The van der Waals surface area contributed by atoms with Crippen molar-refractivity contribution >= 4 is 16.7 Å². The zero-order valence-electron chi connectivity index (χ0n) is 18.8. The lowest BCUT2D eigenvalue weighted by Crippen LogP contribution is -2.14. The summed E-state index contributed by atoms with van der Waals surface area (Å²) < 4.78 is 6.07. The van der Waals surface area contributed by atoms with Crippen LogP contribution in [0.5, 0.6) is 11.5 Å². The standard InChI is InChI=1S/C29H25N3O2/c1-20-13-14-22-15-16-25(29(33)28(22)31-20)27(32-26-12-5-6-17-30-26)23-10-7-11-24(18-23)34-19-21-8-3-2-4-9-21/h2-18,27,33H,19H2,1H3,(H,30,32)/t27-/m0/s1. The van der Waals surface area contributed by atoms with E-state index >= 15 is 0 Å². The number of pyridine rings is 2. The molecule has 0 unspecified atom stereocenters. The molecular weight excluding hydrogens is 422 g/mol. The number of nitrogens with zero attached hydrogens (tertiary/aromatic N) is 2. The van der Waals surface area contributed by atoms with Gasteiger partial charge in [-0.1, -0.05) is 66.7 Å². The average Bonchev–Trinajstić information content (AvgIpc) is 2.88. The lowest BCUT2D eigenvalue weighted by molar-refractivity contribution is 0.306. The molecule has 0 amide bonds. The van der Waals surface area contributed by atoms with Crippen molar-refractivity contribution in [3.05, 3.63) is 126 Å². The van der Waals surface area contributed by atoms with Crippen LogP contribution in [0.25, 0.3) is 10.9 Å². The summed E-state index contributed by atoms with van der Waals surface area (Å²) in [6, 6.07) is 31.2. The molecule has 168 valence electrons. The van der Waals surface area contributed by atoms with Crippen molar-refractivity contribution in [3.8, 4) is 11.5 Å². The van der Waals surface area contributed by atoms with E-state index in [4.69, 9.17) is 4.74 Å². The quantitative estimate of drug-likeness (QED) is 0.301. The van der Waals surface area contributed by atoms with Crippen LogP contribution in [0.3, 0.4) is 0 Å². The number of phenols is 1. The maximum atomic E-state index is 11.3. The van der Waals surface area contributed by atoms with E-state index in [-0.39, 0.29) is 11.8 Å². The molecule has 0 aliphatic rings. The van der Waals surface area contributed by atoms with Crippen LogP contribution >= 0.6 is 0 Å². The van der Waals surface area contributed by atoms with Crippen LogP contribution in [0.2, 0.25) is 0 Å². The maximum absolute atomic E-state index is 11.3. The van der Waals surface area contributed by atoms with E-state index in [1.54, 1.807) is 6.20 Å². The molecule has 34 heavy (non-hydrogen) atoms. The molecule has 5 heteroatoms. The minimum Gasteiger partial charge on any atom is -0.505 e. The zero-order chi connectivity index (χ0) is 23.3. The molecule has 0 saturated carbocycles. The number of phenolic OH excluding ortho intramolecular Hbond substituents is 1. The van der Waals surface area contributed by atoms with Gasteiger partial charge in [-0.05, 0) is 48.4 Å². The van der Waals surface area contributed by atoms with Gasteiger partial charge in [0.25, 0.3) is 0 Å². The van der Waals surface area contributed by atoms with Crippen LogP contribution < -0.4 is 10.1 Å². The van der Waals surface area contributed by atoms with E-state index in [1.807, 2.05) is 104 Å². The summed E-state index contributed by atoms with van der Waals surface area (Å²) in [5, 5.41) is 15.6. The first-order valence-electron chi connectivity index (χ1n) is 11.2. The van der Waals surface area contributed by atoms with Crippen LogP contribution in [0, 0.1) is 6.92 Å². The molecule has 2 aromatic heterocycles. The second kappa shape index (κ2) is 9.63. The van der Waals surface area contributed by atoms with Gasteiger partial charge in [0.05, 0.1) is 6.04 Å². The van der Waals surface area contributed by atoms with Gasteiger partial charge in [-0.3, -0.25) is 0 Å². The molecule has 2 heterocycles. The molecule has 0 radical (unpaired) electrons. The molecule has 0 aliphatic heterocycles. The molecular formula is C29H25N3O2. The normalized spacial score (nSPS) is 11.8. The third kappa shape index (κ3) is 4.69. The Kier molecular flexibility index (Phi) is 6.08. The molecule has 2 N–H and O–H groups in total. The molecule has 5 rings (SSSR count). The number of aromatic nitrogens is 2. The number of nitrogens with one attached hydrogen (secondary N) is 1. The lowest BCUT2D eigenvalue weighted by Gasteiger charge is -2.22. The first-order valence-corrected chi connectivity index (χ1v) is 11.2. The van der Waals surface area contributed by atoms with Gasteiger partial charge in [-0.2, -0.15) is 0 Å². The Morgan fingerprint density at radius 1 is 0.882 bits per heavy atom. The summed E-state index contributed by atoms with van der Waals surface area (Å²) in [5.41, 5.74) is 4.20. The molecule has 0 bridgehead atoms. The highest BCUT2D eigenvalue weighted by Crippen LogP contribution is 2.37. The monoisotopic (exact) mass is 447 g/mol. The first-order chi connectivity index (χ1) is 16.7. The summed E-state index contributed by atoms with van der Waals surface area (Å²) in [4.78, 5) is 9.02. The lowest BCUT2D eigenvalue weighted by atomic mass is 9.96.